The molecule has 2 unspecified atom stereocenters. The van der Waals surface area contributed by atoms with Gasteiger partial charge < -0.3 is 14.4 Å². The lowest BCUT2D eigenvalue weighted by Crippen LogP contribution is -2.31. The van der Waals surface area contributed by atoms with Crippen LogP contribution in [-0.4, -0.2) is 32.3 Å². The molecule has 1 N–H and O–H groups in total. The Labute approximate surface area is 113 Å². The maximum Gasteiger partial charge on any atom is 0.231 e. The van der Waals surface area contributed by atoms with Gasteiger partial charge in [0.1, 0.15) is 5.69 Å². The van der Waals surface area contributed by atoms with Crippen LogP contribution in [0.4, 0.5) is 0 Å². The average molecular weight is 263 g/mol. The number of imidazole rings is 1. The molecule has 0 fully saturated rings. The van der Waals surface area contributed by atoms with Gasteiger partial charge in [0.25, 0.3) is 0 Å². The van der Waals surface area contributed by atoms with Gasteiger partial charge in [-0.1, -0.05) is 19.0 Å². The van der Waals surface area contributed by atoms with Gasteiger partial charge in [0.2, 0.25) is 11.7 Å². The van der Waals surface area contributed by atoms with Crippen molar-refractivity contribution in [2.75, 3.05) is 6.54 Å². The molecule has 0 aliphatic rings. The maximum absolute atomic E-state index is 5.42. The molecule has 0 aliphatic carbocycles. The summed E-state index contributed by atoms with van der Waals surface area (Å²) in [6, 6.07) is 0.315. The molecule has 0 aromatic carbocycles. The Morgan fingerprint density at radius 2 is 2.21 bits per heavy atom. The minimum absolute atomic E-state index is 0.231. The van der Waals surface area contributed by atoms with Crippen LogP contribution in [0.2, 0.25) is 0 Å². The van der Waals surface area contributed by atoms with E-state index >= 15 is 0 Å². The summed E-state index contributed by atoms with van der Waals surface area (Å²) in [6.45, 7) is 7.30. The zero-order valence-electron chi connectivity index (χ0n) is 11.9. The Bertz CT molecular complexity index is 519. The fraction of sp³-hybridized carbons (Fsp3) is 0.615. The van der Waals surface area contributed by atoms with Crippen LogP contribution in [0.5, 0.6) is 0 Å². The lowest BCUT2D eigenvalue weighted by molar-refractivity contribution is 0.318. The lowest BCUT2D eigenvalue weighted by atomic mass is 9.98. The molecule has 0 saturated heterocycles. The van der Waals surface area contributed by atoms with E-state index in [0.717, 1.165) is 18.7 Å². The predicted molar refractivity (Wildman–Crippen MR) is 72.7 cm³/mol. The minimum atomic E-state index is 0.231. The number of likely N-dealkylation sites (N-methyl/N-ethyl adjacent to an activating group) is 1. The second kappa shape index (κ2) is 5.97. The van der Waals surface area contributed by atoms with E-state index in [1.165, 1.54) is 0 Å². The zero-order valence-corrected chi connectivity index (χ0v) is 11.9. The third kappa shape index (κ3) is 2.84. The minimum Gasteiger partial charge on any atom is -0.339 e. The normalized spacial score (nSPS) is 14.5. The molecule has 0 radical (unpaired) electrons. The number of nitrogens with zero attached hydrogens (tertiary/aromatic N) is 4. The van der Waals surface area contributed by atoms with Crippen molar-refractivity contribution in [3.8, 4) is 11.5 Å². The molecule has 0 aliphatic heterocycles. The first-order valence-electron chi connectivity index (χ1n) is 6.71. The van der Waals surface area contributed by atoms with E-state index < -0.39 is 0 Å². The summed E-state index contributed by atoms with van der Waals surface area (Å²) in [5.41, 5.74) is 0.862. The van der Waals surface area contributed by atoms with Gasteiger partial charge in [-0.15, -0.1) is 0 Å². The highest BCUT2D eigenvalue weighted by Crippen LogP contribution is 2.24. The molecule has 0 bridgehead atoms. The number of hydrogen-bond acceptors (Lipinski definition) is 5. The standard InChI is InChI=1S/C13H21N5O/c1-5-10(9(3)15-6-2)13-16-12(17-19-13)11-7-14-8-18(11)4/h7-10,15H,5-6H2,1-4H3. The Balaban J connectivity index is 2.22. The SMILES string of the molecule is CCNC(C)C(CC)c1nc(-c2cncn2C)no1. The van der Waals surface area contributed by atoms with Gasteiger partial charge >= 0.3 is 0 Å². The van der Waals surface area contributed by atoms with Crippen LogP contribution < -0.4 is 5.32 Å². The van der Waals surface area contributed by atoms with Crippen LogP contribution in [0.1, 0.15) is 39.0 Å². The van der Waals surface area contributed by atoms with Gasteiger partial charge in [-0.05, 0) is 19.9 Å². The van der Waals surface area contributed by atoms with Crippen molar-refractivity contribution >= 4 is 0 Å². The number of rotatable bonds is 6. The summed E-state index contributed by atoms with van der Waals surface area (Å²) >= 11 is 0. The quantitative estimate of drug-likeness (QED) is 0.862. The molecule has 6 heteroatoms. The largest absolute Gasteiger partial charge is 0.339 e. The Morgan fingerprint density at radius 3 is 2.79 bits per heavy atom. The van der Waals surface area contributed by atoms with Crippen molar-refractivity contribution in [3.05, 3.63) is 18.4 Å². The van der Waals surface area contributed by atoms with Gasteiger partial charge in [-0.2, -0.15) is 4.98 Å². The Hall–Kier alpha value is -1.69. The number of nitrogens with one attached hydrogen (secondary N) is 1. The van der Waals surface area contributed by atoms with Gasteiger partial charge in [0, 0.05) is 13.1 Å². The Morgan fingerprint density at radius 1 is 1.42 bits per heavy atom. The number of aromatic nitrogens is 4. The molecular formula is C13H21N5O. The van der Waals surface area contributed by atoms with Crippen LogP contribution in [0.3, 0.4) is 0 Å². The third-order valence-corrected chi connectivity index (χ3v) is 3.37. The van der Waals surface area contributed by atoms with E-state index in [4.69, 9.17) is 4.52 Å². The van der Waals surface area contributed by atoms with Crippen LogP contribution >= 0.6 is 0 Å². The summed E-state index contributed by atoms with van der Waals surface area (Å²) in [5, 5.41) is 7.46. The second-order valence-electron chi connectivity index (χ2n) is 4.71. The maximum atomic E-state index is 5.42. The zero-order chi connectivity index (χ0) is 13.8. The molecule has 2 heterocycles. The fourth-order valence-electron chi connectivity index (χ4n) is 2.27. The van der Waals surface area contributed by atoms with Crippen molar-refractivity contribution in [2.45, 2.75) is 39.2 Å². The highest BCUT2D eigenvalue weighted by atomic mass is 16.5. The summed E-state index contributed by atoms with van der Waals surface area (Å²) in [6.07, 6.45) is 4.43. The number of hydrogen-bond donors (Lipinski definition) is 1. The van der Waals surface area contributed by atoms with Crippen molar-refractivity contribution in [3.63, 3.8) is 0 Å². The first-order valence-corrected chi connectivity index (χ1v) is 6.71. The van der Waals surface area contributed by atoms with E-state index in [1.807, 2.05) is 11.6 Å². The molecule has 2 atom stereocenters. The summed E-state index contributed by atoms with van der Waals surface area (Å²) in [7, 11) is 1.91. The monoisotopic (exact) mass is 263 g/mol. The molecule has 0 spiro atoms. The summed E-state index contributed by atoms with van der Waals surface area (Å²) in [4.78, 5) is 8.58. The van der Waals surface area contributed by atoms with E-state index in [9.17, 15) is 0 Å². The van der Waals surface area contributed by atoms with Gasteiger partial charge in [-0.3, -0.25) is 0 Å². The molecule has 0 saturated carbocycles. The summed E-state index contributed by atoms with van der Waals surface area (Å²) < 4.78 is 7.30. The molecule has 2 rings (SSSR count). The molecular weight excluding hydrogens is 242 g/mol. The van der Waals surface area contributed by atoms with Crippen LogP contribution in [-0.2, 0) is 7.05 Å². The van der Waals surface area contributed by atoms with Gasteiger partial charge in [0.15, 0.2) is 0 Å². The van der Waals surface area contributed by atoms with Crippen molar-refractivity contribution in [1.82, 2.24) is 25.0 Å². The van der Waals surface area contributed by atoms with E-state index in [2.05, 4.69) is 41.2 Å². The van der Waals surface area contributed by atoms with Crippen molar-refractivity contribution in [1.29, 1.82) is 0 Å². The smallest absolute Gasteiger partial charge is 0.231 e. The third-order valence-electron chi connectivity index (χ3n) is 3.37. The molecule has 6 nitrogen and oxygen atoms in total. The van der Waals surface area contributed by atoms with Crippen LogP contribution in [0.15, 0.2) is 17.0 Å². The fourth-order valence-corrected chi connectivity index (χ4v) is 2.27. The van der Waals surface area contributed by atoms with E-state index in [-0.39, 0.29) is 5.92 Å². The second-order valence-corrected chi connectivity index (χ2v) is 4.71. The molecule has 104 valence electrons. The highest BCUT2D eigenvalue weighted by molar-refractivity contribution is 5.47. The average Bonchev–Trinajstić information content (AvgIpc) is 2.99. The number of aryl methyl sites for hydroxylation is 1. The van der Waals surface area contributed by atoms with Crippen molar-refractivity contribution < 1.29 is 4.52 Å². The highest BCUT2D eigenvalue weighted by Gasteiger charge is 2.23. The van der Waals surface area contributed by atoms with E-state index in [0.29, 0.717) is 17.8 Å². The van der Waals surface area contributed by atoms with Gasteiger partial charge in [-0.25, -0.2) is 4.98 Å². The Kier molecular flexibility index (Phi) is 4.31. The lowest BCUT2D eigenvalue weighted by Gasteiger charge is -2.19. The summed E-state index contributed by atoms with van der Waals surface area (Å²) in [5.74, 6) is 1.51. The van der Waals surface area contributed by atoms with E-state index in [1.54, 1.807) is 12.5 Å². The molecule has 0 amide bonds. The predicted octanol–water partition coefficient (Wildman–Crippen LogP) is 1.96. The molecule has 19 heavy (non-hydrogen) atoms. The molecule has 2 aromatic heterocycles. The van der Waals surface area contributed by atoms with Gasteiger partial charge in [0.05, 0.1) is 18.4 Å². The van der Waals surface area contributed by atoms with Crippen LogP contribution in [0, 0.1) is 0 Å². The first kappa shape index (κ1) is 13.7. The first-order chi connectivity index (χ1) is 9.17. The molecule has 2 aromatic rings. The van der Waals surface area contributed by atoms with Crippen molar-refractivity contribution in [2.24, 2.45) is 7.05 Å². The van der Waals surface area contributed by atoms with Crippen LogP contribution in [0.25, 0.3) is 11.5 Å². The topological polar surface area (TPSA) is 68.8 Å².